The topological polar surface area (TPSA) is 106 Å². The maximum atomic E-state index is 11.3. The van der Waals surface area contributed by atoms with Gasteiger partial charge < -0.3 is 20.1 Å². The van der Waals surface area contributed by atoms with Gasteiger partial charge in [0.25, 0.3) is 5.91 Å². The second-order valence-electron chi connectivity index (χ2n) is 9.10. The van der Waals surface area contributed by atoms with Crippen molar-refractivity contribution in [2.24, 2.45) is 5.73 Å². The van der Waals surface area contributed by atoms with E-state index in [2.05, 4.69) is 28.1 Å². The highest BCUT2D eigenvalue weighted by molar-refractivity contribution is 5.95. The maximum absolute atomic E-state index is 11.3. The van der Waals surface area contributed by atoms with Gasteiger partial charge >= 0.3 is 0 Å². The summed E-state index contributed by atoms with van der Waals surface area (Å²) in [5.74, 6) is 0.400. The van der Waals surface area contributed by atoms with Crippen molar-refractivity contribution in [3.8, 4) is 11.6 Å². The molecule has 4 heterocycles. The van der Waals surface area contributed by atoms with Crippen molar-refractivity contribution in [1.29, 1.82) is 0 Å². The summed E-state index contributed by atoms with van der Waals surface area (Å²) in [6, 6.07) is 13.3. The lowest BCUT2D eigenvalue weighted by Crippen LogP contribution is -2.32. The summed E-state index contributed by atoms with van der Waals surface area (Å²) in [4.78, 5) is 22.9. The van der Waals surface area contributed by atoms with Gasteiger partial charge in [0.15, 0.2) is 0 Å². The highest BCUT2D eigenvalue weighted by atomic mass is 16.5. The number of pyridine rings is 2. The van der Waals surface area contributed by atoms with Crippen LogP contribution in [-0.2, 0) is 13.1 Å². The molecule has 1 aliphatic rings. The number of aromatic nitrogens is 3. The Morgan fingerprint density at radius 2 is 1.86 bits per heavy atom. The van der Waals surface area contributed by atoms with E-state index < -0.39 is 5.91 Å². The second-order valence-corrected chi connectivity index (χ2v) is 9.10. The van der Waals surface area contributed by atoms with Gasteiger partial charge in [0.1, 0.15) is 11.4 Å². The number of amides is 1. The summed E-state index contributed by atoms with van der Waals surface area (Å²) in [5.41, 5.74) is 9.66. The molecule has 4 aromatic rings. The quantitative estimate of drug-likeness (QED) is 0.426. The van der Waals surface area contributed by atoms with Crippen LogP contribution in [-0.4, -0.2) is 50.6 Å². The van der Waals surface area contributed by atoms with Crippen LogP contribution in [0.3, 0.4) is 0 Å². The van der Waals surface area contributed by atoms with Crippen molar-refractivity contribution in [2.75, 3.05) is 20.2 Å². The first-order valence-corrected chi connectivity index (χ1v) is 11.8. The molecule has 5 rings (SSSR count). The molecule has 35 heavy (non-hydrogen) atoms. The molecule has 0 radical (unpaired) electrons. The van der Waals surface area contributed by atoms with Crippen molar-refractivity contribution >= 4 is 16.9 Å². The van der Waals surface area contributed by atoms with E-state index in [1.54, 1.807) is 25.3 Å². The predicted octanol–water partition coefficient (Wildman–Crippen LogP) is 3.67. The largest absolute Gasteiger partial charge is 0.507 e. The van der Waals surface area contributed by atoms with E-state index >= 15 is 0 Å². The number of likely N-dealkylation sites (tertiary alicyclic amines) is 1. The van der Waals surface area contributed by atoms with E-state index in [4.69, 9.17) is 15.5 Å². The Hall–Kier alpha value is -3.91. The van der Waals surface area contributed by atoms with Gasteiger partial charge in [-0.1, -0.05) is 12.1 Å². The van der Waals surface area contributed by atoms with Crippen molar-refractivity contribution in [3.05, 3.63) is 83.3 Å². The standard InChI is InChI=1S/C27H29N5O3/c1-35-25-5-3-19(14-29-25)16-31-9-6-20(7-10-31)22-13-21-8-11-32(27(21)30-15-22)17-18-2-4-23(26(28)34)24(33)12-18/h2-5,8,11-15,20,33H,6-7,9-10,16-17H2,1H3,(H2,28,34). The third-order valence-corrected chi connectivity index (χ3v) is 6.77. The van der Waals surface area contributed by atoms with Gasteiger partial charge in [0, 0.05) is 43.1 Å². The fraction of sp³-hybridized carbons (Fsp3) is 0.296. The van der Waals surface area contributed by atoms with Crippen LogP contribution in [0.5, 0.6) is 11.6 Å². The van der Waals surface area contributed by atoms with Crippen LogP contribution < -0.4 is 10.5 Å². The summed E-state index contributed by atoms with van der Waals surface area (Å²) >= 11 is 0. The number of ether oxygens (including phenoxy) is 1. The van der Waals surface area contributed by atoms with Crippen LogP contribution in [0.2, 0.25) is 0 Å². The predicted molar refractivity (Wildman–Crippen MR) is 134 cm³/mol. The van der Waals surface area contributed by atoms with E-state index in [9.17, 15) is 9.90 Å². The smallest absolute Gasteiger partial charge is 0.252 e. The summed E-state index contributed by atoms with van der Waals surface area (Å²) < 4.78 is 7.19. The molecular formula is C27H29N5O3. The third-order valence-electron chi connectivity index (χ3n) is 6.77. The lowest BCUT2D eigenvalue weighted by molar-refractivity contribution is 0.0997. The number of rotatable bonds is 7. The molecule has 1 fully saturated rings. The lowest BCUT2D eigenvalue weighted by atomic mass is 9.90. The molecule has 1 aliphatic heterocycles. The first kappa shape index (κ1) is 22.9. The Labute approximate surface area is 204 Å². The number of nitrogens with two attached hydrogens (primary N) is 1. The lowest BCUT2D eigenvalue weighted by Gasteiger charge is -2.32. The van der Waals surface area contributed by atoms with Crippen LogP contribution in [0.1, 0.15) is 45.8 Å². The molecule has 180 valence electrons. The monoisotopic (exact) mass is 471 g/mol. The van der Waals surface area contributed by atoms with Gasteiger partial charge in [-0.3, -0.25) is 9.69 Å². The third kappa shape index (κ3) is 4.97. The molecule has 8 nitrogen and oxygen atoms in total. The van der Waals surface area contributed by atoms with Gasteiger partial charge in [-0.25, -0.2) is 9.97 Å². The van der Waals surface area contributed by atoms with Crippen LogP contribution in [0.15, 0.2) is 61.1 Å². The van der Waals surface area contributed by atoms with Crippen molar-refractivity contribution in [1.82, 2.24) is 19.4 Å². The Kier molecular flexibility index (Phi) is 6.37. The Bertz CT molecular complexity index is 1340. The Morgan fingerprint density at radius 1 is 1.06 bits per heavy atom. The van der Waals surface area contributed by atoms with Gasteiger partial charge in [-0.05, 0) is 72.8 Å². The first-order chi connectivity index (χ1) is 17.0. The van der Waals surface area contributed by atoms with E-state index in [0.717, 1.165) is 49.1 Å². The highest BCUT2D eigenvalue weighted by Gasteiger charge is 2.22. The van der Waals surface area contributed by atoms with Gasteiger partial charge in [-0.2, -0.15) is 0 Å². The molecular weight excluding hydrogens is 442 g/mol. The number of aromatic hydroxyl groups is 1. The number of piperidine rings is 1. The SMILES string of the molecule is COc1ccc(CN2CCC(c3cnc4c(ccn4Cc4ccc(C(N)=O)c(O)c4)c3)CC2)cn1. The van der Waals surface area contributed by atoms with Gasteiger partial charge in [-0.15, -0.1) is 0 Å². The number of fused-ring (bicyclic) bond motifs is 1. The fourth-order valence-corrected chi connectivity index (χ4v) is 4.83. The normalized spacial score (nSPS) is 14.9. The molecule has 1 aromatic carbocycles. The minimum atomic E-state index is -0.641. The molecule has 0 unspecified atom stereocenters. The number of hydrogen-bond acceptors (Lipinski definition) is 6. The molecule has 0 saturated carbocycles. The summed E-state index contributed by atoms with van der Waals surface area (Å²) in [6.45, 7) is 3.53. The van der Waals surface area contributed by atoms with E-state index in [1.807, 2.05) is 29.2 Å². The van der Waals surface area contributed by atoms with Gasteiger partial charge in [0.2, 0.25) is 5.88 Å². The minimum Gasteiger partial charge on any atom is -0.507 e. The van der Waals surface area contributed by atoms with E-state index in [1.165, 1.54) is 11.1 Å². The number of carbonyl (C=O) groups excluding carboxylic acids is 1. The van der Waals surface area contributed by atoms with Crippen LogP contribution in [0, 0.1) is 0 Å². The molecule has 1 amide bonds. The Morgan fingerprint density at radius 3 is 2.54 bits per heavy atom. The number of primary amides is 1. The molecule has 3 N–H and O–H groups in total. The zero-order chi connectivity index (χ0) is 24.4. The van der Waals surface area contributed by atoms with Crippen molar-refractivity contribution in [2.45, 2.75) is 31.8 Å². The highest BCUT2D eigenvalue weighted by Crippen LogP contribution is 2.30. The molecule has 0 bridgehead atoms. The van der Waals surface area contributed by atoms with Crippen LogP contribution in [0.4, 0.5) is 0 Å². The van der Waals surface area contributed by atoms with Crippen LogP contribution >= 0.6 is 0 Å². The number of nitrogens with zero attached hydrogens (tertiary/aromatic N) is 4. The number of methoxy groups -OCH3 is 1. The molecule has 8 heteroatoms. The van der Waals surface area contributed by atoms with Crippen molar-refractivity contribution < 1.29 is 14.6 Å². The van der Waals surface area contributed by atoms with Gasteiger partial charge in [0.05, 0.1) is 12.7 Å². The van der Waals surface area contributed by atoms with E-state index in [0.29, 0.717) is 18.3 Å². The summed E-state index contributed by atoms with van der Waals surface area (Å²) in [6.07, 6.45) is 8.10. The fourth-order valence-electron chi connectivity index (χ4n) is 4.83. The minimum absolute atomic E-state index is 0.101. The molecule has 1 saturated heterocycles. The number of hydrogen-bond donors (Lipinski definition) is 2. The average molecular weight is 472 g/mol. The van der Waals surface area contributed by atoms with Crippen molar-refractivity contribution in [3.63, 3.8) is 0 Å². The summed E-state index contributed by atoms with van der Waals surface area (Å²) in [7, 11) is 1.63. The molecule has 0 spiro atoms. The molecule has 3 aromatic heterocycles. The second kappa shape index (κ2) is 9.76. The molecule has 0 atom stereocenters. The first-order valence-electron chi connectivity index (χ1n) is 11.8. The number of carbonyl (C=O) groups is 1. The van der Waals surface area contributed by atoms with E-state index in [-0.39, 0.29) is 11.3 Å². The zero-order valence-electron chi connectivity index (χ0n) is 19.7. The Balaban J connectivity index is 1.23. The summed E-state index contributed by atoms with van der Waals surface area (Å²) in [5, 5.41) is 11.2. The average Bonchev–Trinajstić information content (AvgIpc) is 3.26. The zero-order valence-corrected chi connectivity index (χ0v) is 19.7. The number of phenols is 1. The maximum Gasteiger partial charge on any atom is 0.252 e. The van der Waals surface area contributed by atoms with Crippen LogP contribution in [0.25, 0.3) is 11.0 Å². The molecule has 0 aliphatic carbocycles. The number of benzene rings is 1.